The van der Waals surface area contributed by atoms with Crippen LogP contribution in [0, 0.1) is 0 Å². The minimum atomic E-state index is -4.49. The molecule has 0 unspecified atom stereocenters. The summed E-state index contributed by atoms with van der Waals surface area (Å²) in [6.45, 7) is 0.478. The molecule has 0 fully saturated rings. The predicted octanol–water partition coefficient (Wildman–Crippen LogP) is 2.08. The number of hydrogen-bond donors (Lipinski definition) is 1. The lowest BCUT2D eigenvalue weighted by Crippen LogP contribution is -2.14. The zero-order valence-electron chi connectivity index (χ0n) is 9.52. The largest absolute Gasteiger partial charge is 0.417 e. The summed E-state index contributed by atoms with van der Waals surface area (Å²) >= 11 is 3.02. The Morgan fingerprint density at radius 3 is 2.68 bits per heavy atom. The van der Waals surface area contributed by atoms with E-state index in [0.717, 1.165) is 6.07 Å². The lowest BCUT2D eigenvalue weighted by atomic mass is 10.1. The molecule has 0 saturated heterocycles. The molecular formula is C10H9BrF3N5. The normalized spacial score (nSPS) is 11.8. The van der Waals surface area contributed by atoms with Gasteiger partial charge >= 0.3 is 6.18 Å². The first kappa shape index (κ1) is 13.9. The predicted molar refractivity (Wildman–Crippen MR) is 65.0 cm³/mol. The van der Waals surface area contributed by atoms with Gasteiger partial charge in [-0.1, -0.05) is 15.9 Å². The lowest BCUT2D eigenvalue weighted by Gasteiger charge is -2.12. The maximum absolute atomic E-state index is 13.0. The van der Waals surface area contributed by atoms with Crippen LogP contribution in [0.25, 0.3) is 11.4 Å². The van der Waals surface area contributed by atoms with Gasteiger partial charge in [0.2, 0.25) is 0 Å². The second-order valence-electron chi connectivity index (χ2n) is 3.70. The quantitative estimate of drug-likeness (QED) is 0.932. The van der Waals surface area contributed by atoms with Crippen molar-refractivity contribution in [2.45, 2.75) is 12.7 Å². The monoisotopic (exact) mass is 335 g/mol. The van der Waals surface area contributed by atoms with Crippen molar-refractivity contribution in [3.8, 4) is 11.4 Å². The van der Waals surface area contributed by atoms with Crippen LogP contribution < -0.4 is 5.73 Å². The summed E-state index contributed by atoms with van der Waals surface area (Å²) in [5, 5.41) is 10.7. The minimum Gasteiger partial charge on any atom is -0.329 e. The second kappa shape index (κ2) is 5.25. The van der Waals surface area contributed by atoms with Crippen LogP contribution in [0.3, 0.4) is 0 Å². The molecule has 1 aromatic heterocycles. The van der Waals surface area contributed by atoms with Gasteiger partial charge in [-0.3, -0.25) is 0 Å². The molecule has 0 aliphatic heterocycles. The Balaban J connectivity index is 2.58. The molecule has 0 amide bonds. The van der Waals surface area contributed by atoms with E-state index in [1.54, 1.807) is 0 Å². The topological polar surface area (TPSA) is 69.6 Å². The van der Waals surface area contributed by atoms with E-state index in [2.05, 4.69) is 31.5 Å². The Hall–Kier alpha value is -1.48. The van der Waals surface area contributed by atoms with Gasteiger partial charge in [-0.2, -0.15) is 13.2 Å². The molecule has 1 heterocycles. The fourth-order valence-corrected chi connectivity index (χ4v) is 1.98. The van der Waals surface area contributed by atoms with Gasteiger partial charge < -0.3 is 5.73 Å². The van der Waals surface area contributed by atoms with E-state index in [4.69, 9.17) is 5.73 Å². The number of nitrogens with zero attached hydrogens (tertiary/aromatic N) is 4. The van der Waals surface area contributed by atoms with E-state index >= 15 is 0 Å². The molecule has 102 valence electrons. The smallest absolute Gasteiger partial charge is 0.329 e. The molecule has 0 aliphatic carbocycles. The van der Waals surface area contributed by atoms with Gasteiger partial charge in [-0.05, 0) is 28.6 Å². The number of aromatic nitrogens is 4. The van der Waals surface area contributed by atoms with Crippen LogP contribution in [0.1, 0.15) is 5.56 Å². The van der Waals surface area contributed by atoms with E-state index in [1.807, 2.05) is 0 Å². The first-order chi connectivity index (χ1) is 8.93. The maximum Gasteiger partial charge on any atom is 0.417 e. The average molecular weight is 336 g/mol. The molecule has 19 heavy (non-hydrogen) atoms. The number of rotatable bonds is 3. The molecule has 5 nitrogen and oxygen atoms in total. The molecule has 0 spiro atoms. The average Bonchev–Trinajstić information content (AvgIpc) is 2.76. The lowest BCUT2D eigenvalue weighted by molar-refractivity contribution is -0.137. The molecule has 2 rings (SSSR count). The van der Waals surface area contributed by atoms with Crippen LogP contribution in [-0.2, 0) is 12.7 Å². The van der Waals surface area contributed by atoms with Crippen molar-refractivity contribution in [1.82, 2.24) is 20.2 Å². The van der Waals surface area contributed by atoms with Gasteiger partial charge in [0.05, 0.1) is 12.1 Å². The number of halogens is 4. The van der Waals surface area contributed by atoms with Crippen LogP contribution in [0.15, 0.2) is 22.7 Å². The van der Waals surface area contributed by atoms with Crippen molar-refractivity contribution in [1.29, 1.82) is 0 Å². The zero-order valence-corrected chi connectivity index (χ0v) is 11.1. The Morgan fingerprint density at radius 2 is 2.05 bits per heavy atom. The fraction of sp³-hybridized carbons (Fsp3) is 0.300. The van der Waals surface area contributed by atoms with Gasteiger partial charge in [0, 0.05) is 16.6 Å². The van der Waals surface area contributed by atoms with E-state index in [0.29, 0.717) is 4.47 Å². The first-order valence-corrected chi connectivity index (χ1v) is 6.06. The molecule has 0 atom stereocenters. The van der Waals surface area contributed by atoms with Gasteiger partial charge in [0.15, 0.2) is 5.82 Å². The summed E-state index contributed by atoms with van der Waals surface area (Å²) in [4.78, 5) is 0. The van der Waals surface area contributed by atoms with Gasteiger partial charge in [0.25, 0.3) is 0 Å². The number of tetrazole rings is 1. The number of alkyl halides is 3. The fourth-order valence-electron chi connectivity index (χ4n) is 1.62. The number of nitrogens with two attached hydrogens (primary N) is 1. The Morgan fingerprint density at radius 1 is 1.32 bits per heavy atom. The molecule has 1 aromatic carbocycles. The third-order valence-electron chi connectivity index (χ3n) is 2.40. The van der Waals surface area contributed by atoms with Crippen molar-refractivity contribution in [2.75, 3.05) is 6.54 Å². The van der Waals surface area contributed by atoms with Crippen LogP contribution in [0.4, 0.5) is 13.2 Å². The Kier molecular flexibility index (Phi) is 3.85. The molecule has 2 N–H and O–H groups in total. The van der Waals surface area contributed by atoms with Crippen molar-refractivity contribution in [3.63, 3.8) is 0 Å². The zero-order chi connectivity index (χ0) is 14.0. The molecule has 0 saturated carbocycles. The van der Waals surface area contributed by atoms with Crippen LogP contribution >= 0.6 is 15.9 Å². The highest BCUT2D eigenvalue weighted by Crippen LogP contribution is 2.37. The first-order valence-electron chi connectivity index (χ1n) is 5.27. The van der Waals surface area contributed by atoms with E-state index < -0.39 is 11.7 Å². The highest BCUT2D eigenvalue weighted by Gasteiger charge is 2.35. The van der Waals surface area contributed by atoms with Crippen LogP contribution in [0.2, 0.25) is 0 Å². The molecule has 9 heteroatoms. The summed E-state index contributed by atoms with van der Waals surface area (Å²) in [5.41, 5.74) is 4.50. The SMILES string of the molecule is NCCn1nnnc1-c1ccc(Br)cc1C(F)(F)F. The molecule has 0 bridgehead atoms. The molecular weight excluding hydrogens is 327 g/mol. The standard InChI is InChI=1S/C10H9BrF3N5/c11-6-1-2-7(8(5-6)10(12,13)14)9-16-17-18-19(9)4-3-15/h1-2,5H,3-4,15H2. The van der Waals surface area contributed by atoms with Crippen LogP contribution in [0.5, 0.6) is 0 Å². The molecule has 0 radical (unpaired) electrons. The summed E-state index contributed by atoms with van der Waals surface area (Å²) in [6.07, 6.45) is -4.49. The second-order valence-corrected chi connectivity index (χ2v) is 4.62. The number of hydrogen-bond acceptors (Lipinski definition) is 4. The highest BCUT2D eigenvalue weighted by molar-refractivity contribution is 9.10. The van der Waals surface area contributed by atoms with Crippen molar-refractivity contribution in [2.24, 2.45) is 5.73 Å². The van der Waals surface area contributed by atoms with Crippen LogP contribution in [-0.4, -0.2) is 26.8 Å². The summed E-state index contributed by atoms with van der Waals surface area (Å²) in [7, 11) is 0. The number of benzene rings is 1. The Bertz CT molecular complexity index is 581. The van der Waals surface area contributed by atoms with E-state index in [-0.39, 0.29) is 24.5 Å². The summed E-state index contributed by atoms with van der Waals surface area (Å²) in [6, 6.07) is 3.83. The van der Waals surface area contributed by atoms with Crippen molar-refractivity contribution < 1.29 is 13.2 Å². The highest BCUT2D eigenvalue weighted by atomic mass is 79.9. The third kappa shape index (κ3) is 2.92. The molecule has 2 aromatic rings. The van der Waals surface area contributed by atoms with E-state index in [1.165, 1.54) is 16.8 Å². The van der Waals surface area contributed by atoms with Gasteiger partial charge in [0.1, 0.15) is 0 Å². The summed E-state index contributed by atoms with van der Waals surface area (Å²) < 4.78 is 40.6. The minimum absolute atomic E-state index is 0.0466. The van der Waals surface area contributed by atoms with Gasteiger partial charge in [-0.25, -0.2) is 4.68 Å². The van der Waals surface area contributed by atoms with Crippen molar-refractivity contribution in [3.05, 3.63) is 28.2 Å². The molecule has 0 aliphatic rings. The summed E-state index contributed by atoms with van der Waals surface area (Å²) in [5.74, 6) is 0.0466. The Labute approximate surface area is 114 Å². The van der Waals surface area contributed by atoms with Crippen molar-refractivity contribution >= 4 is 15.9 Å². The van der Waals surface area contributed by atoms with Gasteiger partial charge in [-0.15, -0.1) is 5.10 Å². The van der Waals surface area contributed by atoms with E-state index in [9.17, 15) is 13.2 Å². The third-order valence-corrected chi connectivity index (χ3v) is 2.89. The maximum atomic E-state index is 13.0.